The lowest BCUT2D eigenvalue weighted by molar-refractivity contribution is 0.0167. The molecule has 0 bridgehead atoms. The first kappa shape index (κ1) is 20.2. The van der Waals surface area contributed by atoms with Crippen molar-refractivity contribution in [2.45, 2.75) is 12.5 Å². The van der Waals surface area contributed by atoms with Crippen LogP contribution in [0.4, 0.5) is 0 Å². The molecule has 6 nitrogen and oxygen atoms in total. The molecule has 150 valence electrons. The average Bonchev–Trinajstić information content (AvgIpc) is 2.77. The van der Waals surface area contributed by atoms with E-state index >= 15 is 0 Å². The number of nitrogens with one attached hydrogen (secondary N) is 1. The van der Waals surface area contributed by atoms with Gasteiger partial charge >= 0.3 is 0 Å². The van der Waals surface area contributed by atoms with E-state index in [0.29, 0.717) is 23.6 Å². The van der Waals surface area contributed by atoms with Crippen LogP contribution in [0.3, 0.4) is 0 Å². The highest BCUT2D eigenvalue weighted by Crippen LogP contribution is 2.27. The normalized spacial score (nSPS) is 15.6. The Morgan fingerprint density at radius 3 is 2.46 bits per heavy atom. The summed E-state index contributed by atoms with van der Waals surface area (Å²) in [6.07, 6.45) is 0.882. The van der Waals surface area contributed by atoms with Gasteiger partial charge in [-0.05, 0) is 30.2 Å². The number of hydrogen-bond donors (Lipinski definition) is 1. The summed E-state index contributed by atoms with van der Waals surface area (Å²) in [7, 11) is 3.14. The van der Waals surface area contributed by atoms with Crippen molar-refractivity contribution in [3.63, 3.8) is 0 Å². The Hall–Kier alpha value is -2.57. The fourth-order valence-electron chi connectivity index (χ4n) is 3.45. The van der Waals surface area contributed by atoms with Crippen molar-refractivity contribution in [2.24, 2.45) is 0 Å². The van der Waals surface area contributed by atoms with Crippen molar-refractivity contribution in [2.75, 3.05) is 47.1 Å². The van der Waals surface area contributed by atoms with E-state index in [2.05, 4.69) is 22.3 Å². The third kappa shape index (κ3) is 5.24. The van der Waals surface area contributed by atoms with Gasteiger partial charge in [0.1, 0.15) is 0 Å². The molecule has 1 saturated heterocycles. The Labute approximate surface area is 166 Å². The third-order valence-electron chi connectivity index (χ3n) is 5.02. The summed E-state index contributed by atoms with van der Waals surface area (Å²) < 4.78 is 16.0. The van der Waals surface area contributed by atoms with E-state index in [1.165, 1.54) is 5.56 Å². The molecule has 2 aromatic carbocycles. The second-order valence-corrected chi connectivity index (χ2v) is 6.77. The van der Waals surface area contributed by atoms with Crippen LogP contribution in [0.5, 0.6) is 11.5 Å². The monoisotopic (exact) mass is 384 g/mol. The van der Waals surface area contributed by atoms with Crippen LogP contribution in [0, 0.1) is 0 Å². The van der Waals surface area contributed by atoms with Crippen LogP contribution in [-0.4, -0.2) is 63.9 Å². The van der Waals surface area contributed by atoms with Crippen LogP contribution < -0.4 is 14.8 Å². The van der Waals surface area contributed by atoms with Crippen molar-refractivity contribution >= 4 is 5.91 Å². The zero-order valence-corrected chi connectivity index (χ0v) is 16.5. The van der Waals surface area contributed by atoms with Gasteiger partial charge in [-0.3, -0.25) is 9.69 Å². The highest BCUT2D eigenvalue weighted by atomic mass is 16.5. The van der Waals surface area contributed by atoms with E-state index in [0.717, 1.165) is 32.7 Å². The van der Waals surface area contributed by atoms with E-state index in [-0.39, 0.29) is 11.9 Å². The van der Waals surface area contributed by atoms with Crippen LogP contribution in [0.1, 0.15) is 15.9 Å². The largest absolute Gasteiger partial charge is 0.493 e. The van der Waals surface area contributed by atoms with Gasteiger partial charge < -0.3 is 19.5 Å². The van der Waals surface area contributed by atoms with E-state index in [1.54, 1.807) is 32.4 Å². The standard InChI is InChI=1S/C22H28N2O4/c1-26-20-9-8-18(15-21(20)27-2)22(25)23-16-19(24-10-12-28-13-11-24)14-17-6-4-3-5-7-17/h3-9,15,19H,10-14,16H2,1-2H3,(H,23,25). The first-order chi connectivity index (χ1) is 13.7. The minimum absolute atomic E-state index is 0.118. The lowest BCUT2D eigenvalue weighted by Gasteiger charge is -2.34. The maximum Gasteiger partial charge on any atom is 0.251 e. The topological polar surface area (TPSA) is 60.0 Å². The van der Waals surface area contributed by atoms with Crippen molar-refractivity contribution in [1.29, 1.82) is 0 Å². The number of amides is 1. The van der Waals surface area contributed by atoms with Gasteiger partial charge in [-0.1, -0.05) is 30.3 Å². The molecular weight excluding hydrogens is 356 g/mol. The predicted octanol–water partition coefficient (Wildman–Crippen LogP) is 2.38. The summed E-state index contributed by atoms with van der Waals surface area (Å²) in [5.41, 5.74) is 1.82. The molecule has 1 aliphatic rings. The molecule has 0 aliphatic carbocycles. The van der Waals surface area contributed by atoms with Gasteiger partial charge in [0.05, 0.1) is 27.4 Å². The summed E-state index contributed by atoms with van der Waals surface area (Å²) in [4.78, 5) is 15.1. The molecule has 1 unspecified atom stereocenters. The summed E-state index contributed by atoms with van der Waals surface area (Å²) in [6, 6.07) is 15.8. The molecule has 1 amide bonds. The van der Waals surface area contributed by atoms with Gasteiger partial charge in [-0.25, -0.2) is 0 Å². The first-order valence-corrected chi connectivity index (χ1v) is 9.57. The molecule has 1 N–H and O–H groups in total. The van der Waals surface area contributed by atoms with Crippen LogP contribution in [0.15, 0.2) is 48.5 Å². The highest BCUT2D eigenvalue weighted by Gasteiger charge is 2.22. The summed E-state index contributed by atoms with van der Waals surface area (Å²) in [5.74, 6) is 1.03. The number of rotatable bonds is 8. The van der Waals surface area contributed by atoms with Gasteiger partial charge in [0.25, 0.3) is 5.91 Å². The predicted molar refractivity (Wildman–Crippen MR) is 108 cm³/mol. The molecule has 6 heteroatoms. The second-order valence-electron chi connectivity index (χ2n) is 6.77. The Morgan fingerprint density at radius 1 is 1.07 bits per heavy atom. The molecule has 1 heterocycles. The average molecular weight is 384 g/mol. The number of carbonyl (C=O) groups is 1. The van der Waals surface area contributed by atoms with Crippen LogP contribution >= 0.6 is 0 Å². The number of benzene rings is 2. The fourth-order valence-corrected chi connectivity index (χ4v) is 3.45. The molecule has 1 atom stereocenters. The van der Waals surface area contributed by atoms with E-state index in [9.17, 15) is 4.79 Å². The minimum Gasteiger partial charge on any atom is -0.493 e. The number of carbonyl (C=O) groups excluding carboxylic acids is 1. The lowest BCUT2D eigenvalue weighted by Crippen LogP contribution is -2.49. The highest BCUT2D eigenvalue weighted by molar-refractivity contribution is 5.94. The van der Waals surface area contributed by atoms with E-state index in [1.807, 2.05) is 18.2 Å². The molecule has 2 aromatic rings. The quantitative estimate of drug-likeness (QED) is 0.757. The third-order valence-corrected chi connectivity index (χ3v) is 5.02. The number of morpholine rings is 1. The van der Waals surface area contributed by atoms with Crippen LogP contribution in [-0.2, 0) is 11.2 Å². The van der Waals surface area contributed by atoms with Crippen molar-refractivity contribution in [1.82, 2.24) is 10.2 Å². The van der Waals surface area contributed by atoms with Gasteiger partial charge in [0.2, 0.25) is 0 Å². The molecule has 0 spiro atoms. The Bertz CT molecular complexity index is 760. The summed E-state index contributed by atoms with van der Waals surface area (Å²) in [6.45, 7) is 3.79. The summed E-state index contributed by atoms with van der Waals surface area (Å²) >= 11 is 0. The second kappa shape index (κ2) is 10.1. The van der Waals surface area contributed by atoms with Gasteiger partial charge in [-0.2, -0.15) is 0 Å². The molecule has 0 radical (unpaired) electrons. The first-order valence-electron chi connectivity index (χ1n) is 9.57. The van der Waals surface area contributed by atoms with Gasteiger partial charge in [-0.15, -0.1) is 0 Å². The number of methoxy groups -OCH3 is 2. The fraction of sp³-hybridized carbons (Fsp3) is 0.409. The van der Waals surface area contributed by atoms with Crippen molar-refractivity contribution in [3.8, 4) is 11.5 Å². The molecule has 3 rings (SSSR count). The Balaban J connectivity index is 1.67. The molecule has 28 heavy (non-hydrogen) atoms. The molecule has 1 fully saturated rings. The van der Waals surface area contributed by atoms with Gasteiger partial charge in [0, 0.05) is 31.2 Å². The van der Waals surface area contributed by atoms with Crippen LogP contribution in [0.2, 0.25) is 0 Å². The minimum atomic E-state index is -0.118. The summed E-state index contributed by atoms with van der Waals surface area (Å²) in [5, 5.41) is 3.09. The van der Waals surface area contributed by atoms with Crippen molar-refractivity contribution in [3.05, 3.63) is 59.7 Å². The smallest absolute Gasteiger partial charge is 0.251 e. The molecule has 0 saturated carbocycles. The van der Waals surface area contributed by atoms with Crippen molar-refractivity contribution < 1.29 is 19.0 Å². The van der Waals surface area contributed by atoms with E-state index in [4.69, 9.17) is 14.2 Å². The zero-order chi connectivity index (χ0) is 19.8. The maximum atomic E-state index is 12.7. The molecule has 1 aliphatic heterocycles. The lowest BCUT2D eigenvalue weighted by atomic mass is 10.0. The number of nitrogens with zero attached hydrogens (tertiary/aromatic N) is 1. The van der Waals surface area contributed by atoms with E-state index < -0.39 is 0 Å². The maximum absolute atomic E-state index is 12.7. The zero-order valence-electron chi connectivity index (χ0n) is 16.5. The number of hydrogen-bond acceptors (Lipinski definition) is 5. The van der Waals surface area contributed by atoms with Gasteiger partial charge in [0.15, 0.2) is 11.5 Å². The Kier molecular flexibility index (Phi) is 7.28. The Morgan fingerprint density at radius 2 is 1.79 bits per heavy atom. The molecule has 0 aromatic heterocycles. The SMILES string of the molecule is COc1ccc(C(=O)NCC(Cc2ccccc2)N2CCOCC2)cc1OC. The van der Waals surface area contributed by atoms with Crippen LogP contribution in [0.25, 0.3) is 0 Å². The number of ether oxygens (including phenoxy) is 3. The molecular formula is C22H28N2O4.